The molecule has 0 atom stereocenters. The molecule has 49 valence electrons. The standard InChI is InChI=1S/C7H11.ClH.Zn/c1-7-5-3-2-4-6-7;;/h3,5H,2,4,6H2,1H3;1H;/p-1. The van der Waals surface area contributed by atoms with Gasteiger partial charge < -0.3 is 12.4 Å². The molecule has 9 heavy (non-hydrogen) atoms. The third kappa shape index (κ3) is 5.12. The van der Waals surface area contributed by atoms with Gasteiger partial charge in [0.15, 0.2) is 0 Å². The number of rotatable bonds is 0. The molecule has 0 heterocycles. The Morgan fingerprint density at radius 3 is 2.33 bits per heavy atom. The maximum atomic E-state index is 2.25. The third-order valence-electron chi connectivity index (χ3n) is 1.34. The van der Waals surface area contributed by atoms with Crippen LogP contribution >= 0.6 is 0 Å². The van der Waals surface area contributed by atoms with E-state index in [1.807, 2.05) is 0 Å². The quantitative estimate of drug-likeness (QED) is 0.450. The van der Waals surface area contributed by atoms with Crippen molar-refractivity contribution in [3.8, 4) is 0 Å². The average Bonchev–Trinajstić information content (AvgIpc) is 1.69. The molecule has 0 fully saturated rings. The van der Waals surface area contributed by atoms with E-state index < -0.39 is 0 Å². The van der Waals surface area contributed by atoms with Crippen LogP contribution < -0.4 is 12.4 Å². The molecule has 0 unspecified atom stereocenters. The van der Waals surface area contributed by atoms with Crippen LogP contribution in [0.3, 0.4) is 0 Å². The molecule has 0 amide bonds. The van der Waals surface area contributed by atoms with Crippen molar-refractivity contribution < 1.29 is 31.9 Å². The predicted molar refractivity (Wildman–Crippen MR) is 31.9 cm³/mol. The molecule has 0 aromatic rings. The Morgan fingerprint density at radius 2 is 2.11 bits per heavy atom. The van der Waals surface area contributed by atoms with Crippen molar-refractivity contribution in [2.45, 2.75) is 26.2 Å². The summed E-state index contributed by atoms with van der Waals surface area (Å²) in [4.78, 5) is 0. The monoisotopic (exact) mass is 194 g/mol. The van der Waals surface area contributed by atoms with Gasteiger partial charge in [-0.3, -0.25) is 0 Å². The van der Waals surface area contributed by atoms with E-state index in [1.54, 1.807) is 0 Å². The molecule has 0 nitrogen and oxygen atoms in total. The molecular formula is C7H11ClZn-. The van der Waals surface area contributed by atoms with Crippen LogP contribution in [0.25, 0.3) is 0 Å². The van der Waals surface area contributed by atoms with Crippen LogP contribution in [0.5, 0.6) is 0 Å². The molecule has 0 aliphatic heterocycles. The Morgan fingerprint density at radius 1 is 1.44 bits per heavy atom. The van der Waals surface area contributed by atoms with Gasteiger partial charge >= 0.3 is 0 Å². The van der Waals surface area contributed by atoms with Gasteiger partial charge in [-0.25, -0.2) is 0 Å². The van der Waals surface area contributed by atoms with Crippen LogP contribution in [-0.2, 0) is 19.5 Å². The van der Waals surface area contributed by atoms with Crippen LogP contribution in [0.15, 0.2) is 12.2 Å². The van der Waals surface area contributed by atoms with Gasteiger partial charge in [-0.2, -0.15) is 0 Å². The SMILES string of the molecule is C[C]1C=CCCC1.[Cl-].[Zn]. The second-order valence-corrected chi connectivity index (χ2v) is 2.14. The summed E-state index contributed by atoms with van der Waals surface area (Å²) in [6.07, 6.45) is 8.44. The van der Waals surface area contributed by atoms with Crippen LogP contribution in [0.1, 0.15) is 26.2 Å². The first-order chi connectivity index (χ1) is 3.39. The van der Waals surface area contributed by atoms with Crippen molar-refractivity contribution >= 4 is 0 Å². The molecule has 0 aromatic heterocycles. The van der Waals surface area contributed by atoms with E-state index in [4.69, 9.17) is 0 Å². The molecule has 0 bridgehead atoms. The minimum absolute atomic E-state index is 0. The Hall–Kier alpha value is 0.653. The van der Waals surface area contributed by atoms with Crippen molar-refractivity contribution in [2.24, 2.45) is 0 Å². The summed E-state index contributed by atoms with van der Waals surface area (Å²) in [5.74, 6) is 1.53. The average molecular weight is 196 g/mol. The summed E-state index contributed by atoms with van der Waals surface area (Å²) in [6.45, 7) is 2.19. The second-order valence-electron chi connectivity index (χ2n) is 2.14. The van der Waals surface area contributed by atoms with E-state index in [0.717, 1.165) is 0 Å². The number of allylic oxidation sites excluding steroid dienone is 2. The molecule has 1 rings (SSSR count). The molecule has 1 radical (unpaired) electrons. The minimum atomic E-state index is 0. The zero-order valence-corrected chi connectivity index (χ0v) is 9.58. The third-order valence-corrected chi connectivity index (χ3v) is 1.34. The Kier molecular flexibility index (Phi) is 9.28. The molecule has 0 saturated heterocycles. The maximum Gasteiger partial charge on any atom is 0 e. The maximum absolute atomic E-state index is 2.25. The van der Waals surface area contributed by atoms with E-state index in [-0.39, 0.29) is 31.9 Å². The van der Waals surface area contributed by atoms with Gasteiger partial charge in [-0.1, -0.05) is 19.1 Å². The molecule has 0 N–H and O–H groups in total. The Labute approximate surface area is 76.3 Å². The van der Waals surface area contributed by atoms with Crippen molar-refractivity contribution in [1.82, 2.24) is 0 Å². The zero-order valence-electron chi connectivity index (χ0n) is 5.86. The molecule has 2 heteroatoms. The van der Waals surface area contributed by atoms with Crippen LogP contribution in [-0.4, -0.2) is 0 Å². The summed E-state index contributed by atoms with van der Waals surface area (Å²) >= 11 is 0. The molecule has 1 aliphatic carbocycles. The Bertz CT molecular complexity index is 81.0. The van der Waals surface area contributed by atoms with E-state index >= 15 is 0 Å². The second kappa shape index (κ2) is 6.77. The normalized spacial score (nSPS) is 17.9. The van der Waals surface area contributed by atoms with Gasteiger partial charge in [0.1, 0.15) is 0 Å². The largest absolute Gasteiger partial charge is 1.00 e. The van der Waals surface area contributed by atoms with Gasteiger partial charge in [0.05, 0.1) is 0 Å². The summed E-state index contributed by atoms with van der Waals surface area (Å²) < 4.78 is 0. The van der Waals surface area contributed by atoms with Crippen molar-refractivity contribution in [3.63, 3.8) is 0 Å². The summed E-state index contributed by atoms with van der Waals surface area (Å²) in [5.41, 5.74) is 0. The van der Waals surface area contributed by atoms with Gasteiger partial charge in [0.25, 0.3) is 0 Å². The van der Waals surface area contributed by atoms with E-state index in [1.165, 1.54) is 25.2 Å². The smallest absolute Gasteiger partial charge is 0 e. The molecule has 0 spiro atoms. The fourth-order valence-electron chi connectivity index (χ4n) is 0.867. The fraction of sp³-hybridized carbons (Fsp3) is 0.571. The molecule has 0 aromatic carbocycles. The first-order valence-corrected chi connectivity index (χ1v) is 2.88. The molecule has 0 saturated carbocycles. The summed E-state index contributed by atoms with van der Waals surface area (Å²) in [6, 6.07) is 0. The first-order valence-electron chi connectivity index (χ1n) is 2.88. The zero-order chi connectivity index (χ0) is 5.11. The number of hydrogen-bond acceptors (Lipinski definition) is 0. The number of hydrogen-bond donors (Lipinski definition) is 0. The predicted octanol–water partition coefficient (Wildman–Crippen LogP) is -0.678. The van der Waals surface area contributed by atoms with Crippen molar-refractivity contribution in [2.75, 3.05) is 0 Å². The van der Waals surface area contributed by atoms with Gasteiger partial charge in [-0.15, -0.1) is 0 Å². The Balaban J connectivity index is 0. The number of halogens is 1. The van der Waals surface area contributed by atoms with Crippen molar-refractivity contribution in [1.29, 1.82) is 0 Å². The van der Waals surface area contributed by atoms with E-state index in [9.17, 15) is 0 Å². The first kappa shape index (κ1) is 12.3. The van der Waals surface area contributed by atoms with E-state index in [0.29, 0.717) is 0 Å². The van der Waals surface area contributed by atoms with Crippen molar-refractivity contribution in [3.05, 3.63) is 18.1 Å². The summed E-state index contributed by atoms with van der Waals surface area (Å²) in [7, 11) is 0. The van der Waals surface area contributed by atoms with Gasteiger partial charge in [0, 0.05) is 19.5 Å². The summed E-state index contributed by atoms with van der Waals surface area (Å²) in [5, 5.41) is 0. The van der Waals surface area contributed by atoms with Crippen LogP contribution in [0.4, 0.5) is 0 Å². The minimum Gasteiger partial charge on any atom is -1.00 e. The topological polar surface area (TPSA) is 0 Å². The molecule has 1 aliphatic rings. The fourth-order valence-corrected chi connectivity index (χ4v) is 0.867. The van der Waals surface area contributed by atoms with Gasteiger partial charge in [-0.05, 0) is 25.2 Å². The van der Waals surface area contributed by atoms with Gasteiger partial charge in [0.2, 0.25) is 0 Å². The van der Waals surface area contributed by atoms with Crippen LogP contribution in [0, 0.1) is 5.92 Å². The van der Waals surface area contributed by atoms with Crippen LogP contribution in [0.2, 0.25) is 0 Å². The van der Waals surface area contributed by atoms with E-state index in [2.05, 4.69) is 19.1 Å². The molecular weight excluding hydrogens is 185 g/mol.